The molecule has 0 bridgehead atoms. The van der Waals surface area contributed by atoms with Crippen LogP contribution in [0.2, 0.25) is 0 Å². The molecule has 1 aromatic carbocycles. The van der Waals surface area contributed by atoms with E-state index in [2.05, 4.69) is 4.98 Å². The molecule has 0 amide bonds. The second kappa shape index (κ2) is 5.27. The minimum Gasteiger partial charge on any atom is -0.480 e. The second-order valence-electron chi connectivity index (χ2n) is 4.00. The molecule has 5 heteroatoms. The predicted molar refractivity (Wildman–Crippen MR) is 70.7 cm³/mol. The van der Waals surface area contributed by atoms with Gasteiger partial charge in [-0.15, -0.1) is 0 Å². The van der Waals surface area contributed by atoms with Gasteiger partial charge in [-0.3, -0.25) is 14.0 Å². The van der Waals surface area contributed by atoms with Gasteiger partial charge in [0.1, 0.15) is 5.25 Å². The smallest absolute Gasteiger partial charge is 0.318 e. The van der Waals surface area contributed by atoms with Crippen LogP contribution in [0, 0.1) is 0 Å². The predicted octanol–water partition coefficient (Wildman–Crippen LogP) is 1.96. The van der Waals surface area contributed by atoms with E-state index in [1.54, 1.807) is 6.07 Å². The van der Waals surface area contributed by atoms with Gasteiger partial charge in [0.2, 0.25) is 0 Å². The monoisotopic (exact) mass is 263 g/mol. The quantitative estimate of drug-likeness (QED) is 0.915. The summed E-state index contributed by atoms with van der Waals surface area (Å²) < 4.78 is 11.8. The van der Waals surface area contributed by atoms with Crippen molar-refractivity contribution < 1.29 is 14.1 Å². The van der Waals surface area contributed by atoms with Crippen LogP contribution in [0.4, 0.5) is 0 Å². The van der Waals surface area contributed by atoms with Crippen LogP contribution in [-0.2, 0) is 21.3 Å². The first-order chi connectivity index (χ1) is 8.58. The van der Waals surface area contributed by atoms with Crippen LogP contribution in [0.15, 0.2) is 36.4 Å². The molecule has 94 valence electrons. The van der Waals surface area contributed by atoms with Crippen molar-refractivity contribution in [3.8, 4) is 0 Å². The number of para-hydroxylation sites is 1. The Morgan fingerprint density at radius 1 is 1.33 bits per heavy atom. The Balaban J connectivity index is 2.22. The minimum atomic E-state index is -1.45. The van der Waals surface area contributed by atoms with Gasteiger partial charge >= 0.3 is 5.97 Å². The molecule has 2 rings (SSSR count). The van der Waals surface area contributed by atoms with E-state index in [9.17, 15) is 9.00 Å². The Bertz CT molecular complexity index is 612. The highest BCUT2D eigenvalue weighted by atomic mass is 32.2. The van der Waals surface area contributed by atoms with Gasteiger partial charge in [0, 0.05) is 16.2 Å². The van der Waals surface area contributed by atoms with E-state index in [0.717, 1.165) is 10.9 Å². The molecule has 0 aliphatic heterocycles. The second-order valence-corrected chi connectivity index (χ2v) is 5.76. The number of carboxylic acids is 1. The molecule has 18 heavy (non-hydrogen) atoms. The maximum Gasteiger partial charge on any atom is 0.318 e. The Hall–Kier alpha value is -1.75. The molecule has 1 heterocycles. The van der Waals surface area contributed by atoms with E-state index in [0.29, 0.717) is 5.69 Å². The first-order valence-electron chi connectivity index (χ1n) is 5.52. The van der Waals surface area contributed by atoms with Crippen LogP contribution >= 0.6 is 0 Å². The van der Waals surface area contributed by atoms with Crippen molar-refractivity contribution in [3.05, 3.63) is 42.1 Å². The minimum absolute atomic E-state index is 0.165. The number of carbonyl (C=O) groups is 1. The van der Waals surface area contributed by atoms with E-state index in [1.165, 1.54) is 6.92 Å². The average Bonchev–Trinajstić information content (AvgIpc) is 2.37. The lowest BCUT2D eigenvalue weighted by Gasteiger charge is -2.06. The zero-order valence-corrected chi connectivity index (χ0v) is 10.7. The van der Waals surface area contributed by atoms with E-state index in [1.807, 2.05) is 30.3 Å². The lowest BCUT2D eigenvalue weighted by atomic mass is 10.2. The highest BCUT2D eigenvalue weighted by Crippen LogP contribution is 2.13. The van der Waals surface area contributed by atoms with Crippen molar-refractivity contribution in [3.63, 3.8) is 0 Å². The SMILES string of the molecule is CC(C(=O)O)S(=O)Cc1ccc2ccccc2n1. The van der Waals surface area contributed by atoms with Gasteiger partial charge in [0.05, 0.1) is 17.0 Å². The van der Waals surface area contributed by atoms with E-state index in [4.69, 9.17) is 5.11 Å². The fourth-order valence-electron chi connectivity index (χ4n) is 1.57. The maximum absolute atomic E-state index is 11.8. The summed E-state index contributed by atoms with van der Waals surface area (Å²) in [5.41, 5.74) is 1.48. The van der Waals surface area contributed by atoms with Crippen LogP contribution < -0.4 is 0 Å². The fourth-order valence-corrected chi connectivity index (χ4v) is 2.50. The van der Waals surface area contributed by atoms with E-state index < -0.39 is 22.0 Å². The standard InChI is InChI=1S/C13H13NO3S/c1-9(13(15)16)18(17)8-11-7-6-10-4-2-3-5-12(10)14-11/h2-7,9H,8H2,1H3,(H,15,16). The number of aliphatic carboxylic acids is 1. The fraction of sp³-hybridized carbons (Fsp3) is 0.231. The van der Waals surface area contributed by atoms with Crippen molar-refractivity contribution >= 4 is 27.7 Å². The van der Waals surface area contributed by atoms with Crippen molar-refractivity contribution in [1.82, 2.24) is 4.98 Å². The van der Waals surface area contributed by atoms with Gasteiger partial charge < -0.3 is 5.11 Å². The van der Waals surface area contributed by atoms with Gasteiger partial charge in [0.25, 0.3) is 0 Å². The van der Waals surface area contributed by atoms with Crippen molar-refractivity contribution in [2.45, 2.75) is 17.9 Å². The summed E-state index contributed by atoms with van der Waals surface area (Å²) in [6.07, 6.45) is 0. The van der Waals surface area contributed by atoms with Gasteiger partial charge in [0.15, 0.2) is 0 Å². The molecule has 0 spiro atoms. The van der Waals surface area contributed by atoms with Gasteiger partial charge in [-0.2, -0.15) is 0 Å². The molecule has 0 saturated carbocycles. The van der Waals surface area contributed by atoms with Crippen LogP contribution in [0.25, 0.3) is 10.9 Å². The van der Waals surface area contributed by atoms with Gasteiger partial charge in [-0.1, -0.05) is 24.3 Å². The van der Waals surface area contributed by atoms with Crippen LogP contribution in [-0.4, -0.2) is 25.5 Å². The number of carboxylic acid groups (broad SMARTS) is 1. The van der Waals surface area contributed by atoms with E-state index in [-0.39, 0.29) is 5.75 Å². The normalized spacial score (nSPS) is 14.3. The summed E-state index contributed by atoms with van der Waals surface area (Å²) in [7, 11) is -1.45. The van der Waals surface area contributed by atoms with Crippen molar-refractivity contribution in [2.75, 3.05) is 0 Å². The summed E-state index contributed by atoms with van der Waals surface area (Å²) in [6.45, 7) is 1.44. The molecule has 0 radical (unpaired) electrons. The summed E-state index contributed by atoms with van der Waals surface area (Å²) in [6, 6.07) is 11.3. The Labute approximate surface area is 107 Å². The number of nitrogens with zero attached hydrogens (tertiary/aromatic N) is 1. The molecule has 0 aliphatic carbocycles. The number of pyridine rings is 1. The van der Waals surface area contributed by atoms with Crippen LogP contribution in [0.5, 0.6) is 0 Å². The Morgan fingerprint density at radius 2 is 2.06 bits per heavy atom. The van der Waals surface area contributed by atoms with E-state index >= 15 is 0 Å². The summed E-state index contributed by atoms with van der Waals surface area (Å²) in [5.74, 6) is -0.882. The van der Waals surface area contributed by atoms with Crippen LogP contribution in [0.3, 0.4) is 0 Å². The molecular weight excluding hydrogens is 250 g/mol. The molecule has 2 aromatic rings. The highest BCUT2D eigenvalue weighted by Gasteiger charge is 2.19. The number of aromatic nitrogens is 1. The maximum atomic E-state index is 11.8. The van der Waals surface area contributed by atoms with Crippen molar-refractivity contribution in [2.24, 2.45) is 0 Å². The third-order valence-electron chi connectivity index (χ3n) is 2.69. The molecule has 2 atom stereocenters. The zero-order valence-electron chi connectivity index (χ0n) is 9.87. The number of fused-ring (bicyclic) bond motifs is 1. The highest BCUT2D eigenvalue weighted by molar-refractivity contribution is 7.85. The molecule has 4 nitrogen and oxygen atoms in total. The van der Waals surface area contributed by atoms with Gasteiger partial charge in [-0.25, -0.2) is 0 Å². The summed E-state index contributed by atoms with van der Waals surface area (Å²) >= 11 is 0. The molecule has 1 N–H and O–H groups in total. The van der Waals surface area contributed by atoms with Crippen molar-refractivity contribution in [1.29, 1.82) is 0 Å². The number of hydrogen-bond acceptors (Lipinski definition) is 3. The summed E-state index contributed by atoms with van der Waals surface area (Å²) in [4.78, 5) is 15.1. The molecule has 1 aromatic heterocycles. The molecular formula is C13H13NO3S. The number of hydrogen-bond donors (Lipinski definition) is 1. The average molecular weight is 263 g/mol. The first kappa shape index (κ1) is 12.7. The van der Waals surface area contributed by atoms with Gasteiger partial charge in [-0.05, 0) is 19.1 Å². The Kier molecular flexibility index (Phi) is 3.72. The zero-order chi connectivity index (χ0) is 13.1. The molecule has 2 unspecified atom stereocenters. The third-order valence-corrected chi connectivity index (χ3v) is 4.26. The lowest BCUT2D eigenvalue weighted by molar-refractivity contribution is -0.136. The van der Waals surface area contributed by atoms with Crippen LogP contribution in [0.1, 0.15) is 12.6 Å². The number of rotatable bonds is 4. The largest absolute Gasteiger partial charge is 0.480 e. The third kappa shape index (κ3) is 2.73. The summed E-state index contributed by atoms with van der Waals surface area (Å²) in [5, 5.41) is 8.92. The molecule has 0 saturated heterocycles. The molecule has 0 fully saturated rings. The topological polar surface area (TPSA) is 67.3 Å². The number of benzene rings is 1. The Morgan fingerprint density at radius 3 is 2.78 bits per heavy atom. The lowest BCUT2D eigenvalue weighted by Crippen LogP contribution is -2.23. The molecule has 0 aliphatic rings. The first-order valence-corrected chi connectivity index (χ1v) is 6.91.